The maximum atomic E-state index is 13.6. The highest BCUT2D eigenvalue weighted by molar-refractivity contribution is 6.31. The lowest BCUT2D eigenvalue weighted by Gasteiger charge is -2.29. The van der Waals surface area contributed by atoms with Crippen molar-refractivity contribution in [1.29, 1.82) is 0 Å². The van der Waals surface area contributed by atoms with Gasteiger partial charge in [0, 0.05) is 5.02 Å². The van der Waals surface area contributed by atoms with Gasteiger partial charge >= 0.3 is 5.97 Å². The molecule has 0 radical (unpaired) electrons. The van der Waals surface area contributed by atoms with Crippen LogP contribution in [0, 0.1) is 5.82 Å². The molecule has 0 atom stereocenters. The second-order valence-corrected chi connectivity index (χ2v) is 5.41. The first-order chi connectivity index (χ1) is 11.0. The maximum absolute atomic E-state index is 13.6. The van der Waals surface area contributed by atoms with Crippen LogP contribution in [0.15, 0.2) is 42.5 Å². The number of amides is 1. The summed E-state index contributed by atoms with van der Waals surface area (Å²) < 4.78 is 18.7. The van der Waals surface area contributed by atoms with E-state index in [-0.39, 0.29) is 18.8 Å². The standard InChI is InChI=1S/C16H12ClFN2O3/c17-10-5-6-14-13(7-10)20(9-16(22)23-14)8-15(21)19-12-4-2-1-3-11(12)18/h1-7H,8-9H2,(H,19,21). The fraction of sp³-hybridized carbons (Fsp3) is 0.125. The normalized spacial score (nSPS) is 13.3. The monoisotopic (exact) mass is 334 g/mol. The minimum Gasteiger partial charge on any atom is -0.423 e. The van der Waals surface area contributed by atoms with Crippen molar-refractivity contribution in [3.8, 4) is 5.75 Å². The summed E-state index contributed by atoms with van der Waals surface area (Å²) in [5, 5.41) is 2.94. The van der Waals surface area contributed by atoms with Crippen LogP contribution in [0.2, 0.25) is 5.02 Å². The summed E-state index contributed by atoms with van der Waals surface area (Å²) in [5.41, 5.74) is 0.629. The number of rotatable bonds is 3. The zero-order valence-corrected chi connectivity index (χ0v) is 12.6. The number of nitrogens with zero attached hydrogens (tertiary/aromatic N) is 1. The smallest absolute Gasteiger partial charge is 0.331 e. The van der Waals surface area contributed by atoms with Gasteiger partial charge in [-0.1, -0.05) is 23.7 Å². The molecule has 0 saturated carbocycles. The average Bonchev–Trinajstić information content (AvgIpc) is 2.50. The van der Waals surface area contributed by atoms with Crippen LogP contribution in [0.1, 0.15) is 0 Å². The molecule has 0 spiro atoms. The molecule has 0 fully saturated rings. The highest BCUT2D eigenvalue weighted by Crippen LogP contribution is 2.34. The molecule has 0 aliphatic carbocycles. The number of para-hydroxylation sites is 1. The Hall–Kier alpha value is -2.60. The summed E-state index contributed by atoms with van der Waals surface area (Å²) >= 11 is 5.95. The van der Waals surface area contributed by atoms with Crippen molar-refractivity contribution in [1.82, 2.24) is 0 Å². The van der Waals surface area contributed by atoms with Crippen molar-refractivity contribution >= 4 is 34.9 Å². The zero-order valence-electron chi connectivity index (χ0n) is 11.9. The number of nitrogens with one attached hydrogen (secondary N) is 1. The molecule has 1 N–H and O–H groups in total. The molecule has 2 aromatic rings. The summed E-state index contributed by atoms with van der Waals surface area (Å²) in [6, 6.07) is 10.6. The van der Waals surface area contributed by atoms with E-state index in [9.17, 15) is 14.0 Å². The average molecular weight is 335 g/mol. The Morgan fingerprint density at radius 2 is 2.09 bits per heavy atom. The van der Waals surface area contributed by atoms with Crippen LogP contribution >= 0.6 is 11.6 Å². The van der Waals surface area contributed by atoms with E-state index in [4.69, 9.17) is 16.3 Å². The van der Waals surface area contributed by atoms with Gasteiger partial charge in [0.05, 0.1) is 17.9 Å². The Bertz CT molecular complexity index is 782. The second-order valence-electron chi connectivity index (χ2n) is 4.97. The molecule has 1 amide bonds. The predicted molar refractivity (Wildman–Crippen MR) is 84.3 cm³/mol. The van der Waals surface area contributed by atoms with E-state index < -0.39 is 17.7 Å². The molecule has 1 aliphatic heterocycles. The number of halogens is 2. The Kier molecular flexibility index (Phi) is 4.16. The molecular formula is C16H12ClFN2O3. The molecule has 23 heavy (non-hydrogen) atoms. The SMILES string of the molecule is O=C(CN1CC(=O)Oc2ccc(Cl)cc21)Nc1ccccc1F. The van der Waals surface area contributed by atoms with Gasteiger partial charge in [-0.3, -0.25) is 4.79 Å². The largest absolute Gasteiger partial charge is 0.423 e. The Morgan fingerprint density at radius 3 is 2.87 bits per heavy atom. The molecule has 0 unspecified atom stereocenters. The van der Waals surface area contributed by atoms with Crippen molar-refractivity contribution in [3.63, 3.8) is 0 Å². The number of carbonyl (C=O) groups is 2. The molecule has 0 aromatic heterocycles. The third-order valence-electron chi connectivity index (χ3n) is 3.29. The van der Waals surface area contributed by atoms with E-state index in [0.717, 1.165) is 0 Å². The van der Waals surface area contributed by atoms with E-state index in [1.54, 1.807) is 24.3 Å². The molecule has 118 valence electrons. The summed E-state index contributed by atoms with van der Waals surface area (Å²) in [7, 11) is 0. The zero-order chi connectivity index (χ0) is 16.4. The number of ether oxygens (including phenoxy) is 1. The first-order valence-corrected chi connectivity index (χ1v) is 7.20. The quantitative estimate of drug-likeness (QED) is 0.692. The van der Waals surface area contributed by atoms with Crippen molar-refractivity contribution in [2.24, 2.45) is 0 Å². The minimum absolute atomic E-state index is 0.0853. The van der Waals surface area contributed by atoms with Crippen LogP contribution in [0.25, 0.3) is 0 Å². The molecular weight excluding hydrogens is 323 g/mol. The van der Waals surface area contributed by atoms with Crippen LogP contribution < -0.4 is 15.0 Å². The number of hydrogen-bond donors (Lipinski definition) is 1. The number of fused-ring (bicyclic) bond motifs is 1. The fourth-order valence-corrected chi connectivity index (χ4v) is 2.45. The van der Waals surface area contributed by atoms with Crippen molar-refractivity contribution in [2.45, 2.75) is 0 Å². The molecule has 2 aromatic carbocycles. The number of hydrogen-bond acceptors (Lipinski definition) is 4. The van der Waals surface area contributed by atoms with Gasteiger partial charge in [0.1, 0.15) is 12.4 Å². The number of anilines is 2. The van der Waals surface area contributed by atoms with E-state index in [1.165, 1.54) is 23.1 Å². The highest BCUT2D eigenvalue weighted by Gasteiger charge is 2.26. The van der Waals surface area contributed by atoms with Gasteiger partial charge in [0.2, 0.25) is 5.91 Å². The third kappa shape index (κ3) is 3.43. The number of carbonyl (C=O) groups excluding carboxylic acids is 2. The van der Waals surface area contributed by atoms with Crippen LogP contribution in [0.5, 0.6) is 5.75 Å². The topological polar surface area (TPSA) is 58.6 Å². The van der Waals surface area contributed by atoms with Crippen molar-refractivity contribution in [2.75, 3.05) is 23.3 Å². The summed E-state index contributed by atoms with van der Waals surface area (Å²) in [4.78, 5) is 25.3. The predicted octanol–water partition coefficient (Wildman–Crippen LogP) is 2.84. The molecule has 0 bridgehead atoms. The van der Waals surface area contributed by atoms with Gasteiger partial charge in [0.15, 0.2) is 5.75 Å². The van der Waals surface area contributed by atoms with Crippen LogP contribution in [0.3, 0.4) is 0 Å². The van der Waals surface area contributed by atoms with E-state index in [0.29, 0.717) is 16.5 Å². The van der Waals surface area contributed by atoms with Gasteiger partial charge in [-0.05, 0) is 30.3 Å². The van der Waals surface area contributed by atoms with Crippen LogP contribution in [0.4, 0.5) is 15.8 Å². The van der Waals surface area contributed by atoms with Gasteiger partial charge in [-0.25, -0.2) is 9.18 Å². The first-order valence-electron chi connectivity index (χ1n) is 6.82. The van der Waals surface area contributed by atoms with Gasteiger partial charge in [-0.2, -0.15) is 0 Å². The fourth-order valence-electron chi connectivity index (χ4n) is 2.29. The van der Waals surface area contributed by atoms with E-state index >= 15 is 0 Å². The van der Waals surface area contributed by atoms with E-state index in [1.807, 2.05) is 0 Å². The third-order valence-corrected chi connectivity index (χ3v) is 3.52. The van der Waals surface area contributed by atoms with Crippen LogP contribution in [-0.4, -0.2) is 25.0 Å². The Labute approximate surface area is 136 Å². The molecule has 7 heteroatoms. The Balaban J connectivity index is 1.78. The maximum Gasteiger partial charge on any atom is 0.331 e. The molecule has 0 saturated heterocycles. The number of benzene rings is 2. The van der Waals surface area contributed by atoms with Gasteiger partial charge in [0.25, 0.3) is 0 Å². The lowest BCUT2D eigenvalue weighted by Crippen LogP contribution is -2.41. The number of esters is 1. The van der Waals surface area contributed by atoms with Gasteiger partial charge in [-0.15, -0.1) is 0 Å². The van der Waals surface area contributed by atoms with Crippen LogP contribution in [-0.2, 0) is 9.59 Å². The van der Waals surface area contributed by atoms with Gasteiger partial charge < -0.3 is 15.0 Å². The summed E-state index contributed by atoms with van der Waals surface area (Å²) in [6.07, 6.45) is 0. The van der Waals surface area contributed by atoms with Crippen molar-refractivity contribution < 1.29 is 18.7 Å². The van der Waals surface area contributed by atoms with Crippen molar-refractivity contribution in [3.05, 3.63) is 53.3 Å². The molecule has 1 heterocycles. The summed E-state index contributed by atoms with van der Waals surface area (Å²) in [5.74, 6) is -1.11. The highest BCUT2D eigenvalue weighted by atomic mass is 35.5. The molecule has 5 nitrogen and oxygen atoms in total. The summed E-state index contributed by atoms with van der Waals surface area (Å²) in [6.45, 7) is -0.213. The lowest BCUT2D eigenvalue weighted by molar-refractivity contribution is -0.133. The van der Waals surface area contributed by atoms with E-state index in [2.05, 4.69) is 5.32 Å². The minimum atomic E-state index is -0.526. The Morgan fingerprint density at radius 1 is 1.30 bits per heavy atom. The lowest BCUT2D eigenvalue weighted by atomic mass is 10.2. The second kappa shape index (κ2) is 6.26. The molecule has 3 rings (SSSR count). The first kappa shape index (κ1) is 15.3. The molecule has 1 aliphatic rings.